The first-order valence-electron chi connectivity index (χ1n) is 4.69. The second kappa shape index (κ2) is 4.56. The second-order valence-electron chi connectivity index (χ2n) is 3.63. The van der Waals surface area contributed by atoms with Crippen LogP contribution in [0.3, 0.4) is 0 Å². The van der Waals surface area contributed by atoms with Gasteiger partial charge in [-0.1, -0.05) is 12.8 Å². The lowest BCUT2D eigenvalue weighted by Gasteiger charge is -2.18. The molecule has 0 aliphatic heterocycles. The zero-order valence-corrected chi connectivity index (χ0v) is 9.00. The third-order valence-electron chi connectivity index (χ3n) is 1.93. The molecular weight excluding hydrogens is 191 g/mol. The summed E-state index contributed by atoms with van der Waals surface area (Å²) in [6, 6.07) is 0. The molecule has 0 radical (unpaired) electrons. The van der Waals surface area contributed by atoms with Gasteiger partial charge >= 0.3 is 7.82 Å². The van der Waals surface area contributed by atoms with Crippen molar-refractivity contribution in [3.05, 3.63) is 0 Å². The third kappa shape index (κ3) is 4.23. The molecule has 0 spiro atoms. The van der Waals surface area contributed by atoms with E-state index in [4.69, 9.17) is 9.05 Å². The molecule has 0 aromatic heterocycles. The van der Waals surface area contributed by atoms with Crippen LogP contribution in [0.5, 0.6) is 0 Å². The van der Waals surface area contributed by atoms with Crippen molar-refractivity contribution in [2.75, 3.05) is 0 Å². The van der Waals surface area contributed by atoms with Gasteiger partial charge in [0, 0.05) is 0 Å². The van der Waals surface area contributed by atoms with Crippen LogP contribution >= 0.6 is 7.82 Å². The number of phosphoric ester groups is 1. The average Bonchev–Trinajstić information content (AvgIpc) is 2.34. The molecule has 0 aromatic carbocycles. The van der Waals surface area contributed by atoms with Crippen molar-refractivity contribution in [1.29, 1.82) is 0 Å². The number of hydrogen-bond acceptors (Lipinski definition) is 3. The van der Waals surface area contributed by atoms with Crippen LogP contribution in [0.15, 0.2) is 0 Å². The Morgan fingerprint density at radius 3 is 2.38 bits per heavy atom. The second-order valence-corrected chi connectivity index (χ2v) is 4.99. The summed E-state index contributed by atoms with van der Waals surface area (Å²) in [6.07, 6.45) is 3.52. The van der Waals surface area contributed by atoms with E-state index in [2.05, 4.69) is 0 Å². The highest BCUT2D eigenvalue weighted by molar-refractivity contribution is 7.47. The fraction of sp³-hybridized carbons (Fsp3) is 1.00. The summed E-state index contributed by atoms with van der Waals surface area (Å²) in [5, 5.41) is 0. The maximum absolute atomic E-state index is 11.3. The first-order valence-corrected chi connectivity index (χ1v) is 6.19. The number of hydrogen-bond donors (Lipinski definition) is 1. The molecular formula is C8H17O4P. The molecule has 78 valence electrons. The van der Waals surface area contributed by atoms with Crippen LogP contribution in [0.4, 0.5) is 0 Å². The Bertz CT molecular complexity index is 198. The zero-order valence-electron chi connectivity index (χ0n) is 8.10. The Morgan fingerprint density at radius 1 is 1.38 bits per heavy atom. The van der Waals surface area contributed by atoms with Gasteiger partial charge in [0.1, 0.15) is 0 Å². The fourth-order valence-electron chi connectivity index (χ4n) is 1.47. The molecule has 1 saturated carbocycles. The number of phosphoric acid groups is 1. The highest BCUT2D eigenvalue weighted by Gasteiger charge is 2.29. The van der Waals surface area contributed by atoms with E-state index in [-0.39, 0.29) is 12.2 Å². The van der Waals surface area contributed by atoms with Gasteiger partial charge in [-0.15, -0.1) is 0 Å². The van der Waals surface area contributed by atoms with E-state index in [1.54, 1.807) is 13.8 Å². The van der Waals surface area contributed by atoms with Crippen LogP contribution in [0.25, 0.3) is 0 Å². The van der Waals surface area contributed by atoms with Crippen molar-refractivity contribution in [1.82, 2.24) is 0 Å². The summed E-state index contributed by atoms with van der Waals surface area (Å²) in [5.41, 5.74) is 0. The van der Waals surface area contributed by atoms with Gasteiger partial charge in [-0.05, 0) is 26.7 Å². The van der Waals surface area contributed by atoms with Gasteiger partial charge in [-0.2, -0.15) is 0 Å². The van der Waals surface area contributed by atoms with Crippen LogP contribution in [-0.2, 0) is 13.6 Å². The van der Waals surface area contributed by atoms with Gasteiger partial charge in [-0.25, -0.2) is 4.57 Å². The lowest BCUT2D eigenvalue weighted by atomic mass is 10.3. The van der Waals surface area contributed by atoms with Crippen molar-refractivity contribution in [3.63, 3.8) is 0 Å². The quantitative estimate of drug-likeness (QED) is 0.721. The molecule has 0 amide bonds. The smallest absolute Gasteiger partial charge is 0.302 e. The highest BCUT2D eigenvalue weighted by Crippen LogP contribution is 2.47. The Balaban J connectivity index is 2.36. The molecule has 0 aromatic rings. The van der Waals surface area contributed by atoms with Gasteiger partial charge in [-0.3, -0.25) is 9.05 Å². The molecule has 1 fully saturated rings. The van der Waals surface area contributed by atoms with Crippen molar-refractivity contribution < 1.29 is 18.5 Å². The Kier molecular flexibility index (Phi) is 3.92. The average molecular weight is 208 g/mol. The molecule has 0 saturated heterocycles. The van der Waals surface area contributed by atoms with Gasteiger partial charge in [0.15, 0.2) is 0 Å². The van der Waals surface area contributed by atoms with Crippen LogP contribution in [0, 0.1) is 0 Å². The van der Waals surface area contributed by atoms with Crippen LogP contribution in [-0.4, -0.2) is 17.1 Å². The Hall–Kier alpha value is 0.110. The maximum Gasteiger partial charge on any atom is 0.472 e. The Morgan fingerprint density at radius 2 is 1.92 bits per heavy atom. The monoisotopic (exact) mass is 208 g/mol. The minimum atomic E-state index is -3.80. The first-order chi connectivity index (χ1) is 5.99. The molecule has 0 bridgehead atoms. The Labute approximate surface area is 78.9 Å². The predicted octanol–water partition coefficient (Wildman–Crippen LogP) is 2.47. The van der Waals surface area contributed by atoms with Crippen molar-refractivity contribution in [2.24, 2.45) is 0 Å². The third-order valence-corrected chi connectivity index (χ3v) is 3.18. The molecule has 1 N–H and O–H groups in total. The molecule has 1 atom stereocenters. The predicted molar refractivity (Wildman–Crippen MR) is 49.4 cm³/mol. The standard InChI is InChI=1S/C8H17O4P/c1-7(2)11-13(9,10)12-8-5-3-4-6-8/h7-8H,3-6H2,1-2H3,(H,9,10). The van der Waals surface area contributed by atoms with E-state index >= 15 is 0 Å². The molecule has 1 unspecified atom stereocenters. The number of rotatable bonds is 4. The lowest BCUT2D eigenvalue weighted by molar-refractivity contribution is 0.0877. The van der Waals surface area contributed by atoms with Crippen molar-refractivity contribution >= 4 is 7.82 Å². The molecule has 5 heteroatoms. The minimum Gasteiger partial charge on any atom is -0.302 e. The van der Waals surface area contributed by atoms with E-state index in [1.165, 1.54) is 0 Å². The molecule has 0 heterocycles. The summed E-state index contributed by atoms with van der Waals surface area (Å²) in [7, 11) is -3.80. The molecule has 1 aliphatic rings. The van der Waals surface area contributed by atoms with E-state index in [9.17, 15) is 9.46 Å². The topological polar surface area (TPSA) is 55.8 Å². The molecule has 1 rings (SSSR count). The highest BCUT2D eigenvalue weighted by atomic mass is 31.2. The van der Waals surface area contributed by atoms with Crippen LogP contribution in [0.2, 0.25) is 0 Å². The van der Waals surface area contributed by atoms with Crippen LogP contribution < -0.4 is 0 Å². The maximum atomic E-state index is 11.3. The van der Waals surface area contributed by atoms with Gasteiger partial charge < -0.3 is 4.89 Å². The van der Waals surface area contributed by atoms with Crippen molar-refractivity contribution in [3.8, 4) is 0 Å². The normalized spacial score (nSPS) is 23.7. The summed E-state index contributed by atoms with van der Waals surface area (Å²) < 4.78 is 21.1. The van der Waals surface area contributed by atoms with Gasteiger partial charge in [0.2, 0.25) is 0 Å². The summed E-state index contributed by atoms with van der Waals surface area (Å²) >= 11 is 0. The SMILES string of the molecule is CC(C)OP(=O)(O)OC1CCCC1. The minimum absolute atomic E-state index is 0.0883. The van der Waals surface area contributed by atoms with Crippen LogP contribution in [0.1, 0.15) is 39.5 Å². The molecule has 13 heavy (non-hydrogen) atoms. The summed E-state index contributed by atoms with van der Waals surface area (Å²) in [4.78, 5) is 9.26. The van der Waals surface area contributed by atoms with Gasteiger partial charge in [0.05, 0.1) is 12.2 Å². The van der Waals surface area contributed by atoms with E-state index < -0.39 is 7.82 Å². The van der Waals surface area contributed by atoms with E-state index in [1.807, 2.05) is 0 Å². The summed E-state index contributed by atoms with van der Waals surface area (Å²) in [5.74, 6) is 0. The fourth-order valence-corrected chi connectivity index (χ4v) is 2.64. The first kappa shape index (κ1) is 11.2. The van der Waals surface area contributed by atoms with E-state index in [0.29, 0.717) is 0 Å². The zero-order chi connectivity index (χ0) is 9.90. The lowest BCUT2D eigenvalue weighted by Crippen LogP contribution is -2.09. The molecule has 1 aliphatic carbocycles. The van der Waals surface area contributed by atoms with Gasteiger partial charge in [0.25, 0.3) is 0 Å². The van der Waals surface area contributed by atoms with E-state index in [0.717, 1.165) is 25.7 Å². The summed E-state index contributed by atoms with van der Waals surface area (Å²) in [6.45, 7) is 3.42. The van der Waals surface area contributed by atoms with Crippen molar-refractivity contribution in [2.45, 2.75) is 51.7 Å². The largest absolute Gasteiger partial charge is 0.472 e. The molecule has 4 nitrogen and oxygen atoms in total.